The maximum absolute atomic E-state index is 12.5. The van der Waals surface area contributed by atoms with Crippen molar-refractivity contribution in [2.75, 3.05) is 14.1 Å². The number of benzene rings is 2. The number of rotatable bonds is 5. The van der Waals surface area contributed by atoms with Crippen molar-refractivity contribution in [3.8, 4) is 0 Å². The Morgan fingerprint density at radius 3 is 2.32 bits per heavy atom. The minimum atomic E-state index is -3.69. The van der Waals surface area contributed by atoms with E-state index in [9.17, 15) is 13.2 Å². The predicted molar refractivity (Wildman–Crippen MR) is 97.6 cm³/mol. The van der Waals surface area contributed by atoms with Crippen molar-refractivity contribution in [2.24, 2.45) is 0 Å². The van der Waals surface area contributed by atoms with Crippen molar-refractivity contribution in [1.82, 2.24) is 4.31 Å². The highest BCUT2D eigenvalue weighted by Crippen LogP contribution is 2.28. The summed E-state index contributed by atoms with van der Waals surface area (Å²) >= 11 is 12.1. The first kappa shape index (κ1) is 19.7. The van der Waals surface area contributed by atoms with Crippen LogP contribution in [-0.4, -0.2) is 32.8 Å². The van der Waals surface area contributed by atoms with Gasteiger partial charge in [-0.15, -0.1) is 0 Å². The molecule has 1 atom stereocenters. The van der Waals surface area contributed by atoms with Crippen molar-refractivity contribution >= 4 is 39.2 Å². The second kappa shape index (κ2) is 7.74. The number of hydrogen-bond acceptors (Lipinski definition) is 4. The van der Waals surface area contributed by atoms with Gasteiger partial charge in [0.25, 0.3) is 0 Å². The summed E-state index contributed by atoms with van der Waals surface area (Å²) in [5.41, 5.74) is 0.620. The van der Waals surface area contributed by atoms with Gasteiger partial charge < -0.3 is 4.74 Å². The highest BCUT2D eigenvalue weighted by atomic mass is 35.5. The van der Waals surface area contributed by atoms with Gasteiger partial charge in [-0.2, -0.15) is 0 Å². The Balaban J connectivity index is 2.32. The zero-order valence-corrected chi connectivity index (χ0v) is 16.2. The fourth-order valence-electron chi connectivity index (χ4n) is 2.12. The van der Waals surface area contributed by atoms with Gasteiger partial charge in [-0.3, -0.25) is 0 Å². The van der Waals surface area contributed by atoms with Gasteiger partial charge in [0.15, 0.2) is 0 Å². The van der Waals surface area contributed by atoms with Crippen LogP contribution in [0, 0.1) is 0 Å². The zero-order valence-electron chi connectivity index (χ0n) is 13.9. The molecule has 0 unspecified atom stereocenters. The topological polar surface area (TPSA) is 63.7 Å². The van der Waals surface area contributed by atoms with Crippen LogP contribution in [0.5, 0.6) is 0 Å². The number of esters is 1. The number of nitrogens with zero attached hydrogens (tertiary/aromatic N) is 1. The lowest BCUT2D eigenvalue weighted by atomic mass is 10.1. The number of carbonyl (C=O) groups is 1. The Labute approximate surface area is 157 Å². The molecule has 0 aliphatic heterocycles. The average molecular weight is 402 g/mol. The molecule has 134 valence electrons. The molecule has 0 aromatic heterocycles. The van der Waals surface area contributed by atoms with Crippen LogP contribution in [0.2, 0.25) is 10.0 Å². The number of sulfonamides is 1. The van der Waals surface area contributed by atoms with Gasteiger partial charge in [0.2, 0.25) is 10.0 Å². The van der Waals surface area contributed by atoms with Crippen LogP contribution in [0.15, 0.2) is 47.4 Å². The molecule has 2 aromatic carbocycles. The van der Waals surface area contributed by atoms with E-state index >= 15 is 0 Å². The minimum absolute atomic E-state index is 0.0245. The molecule has 0 N–H and O–H groups in total. The molecule has 8 heteroatoms. The minimum Gasteiger partial charge on any atom is -0.454 e. The van der Waals surface area contributed by atoms with Gasteiger partial charge in [-0.05, 0) is 31.2 Å². The molecule has 0 bridgehead atoms. The Hall–Kier alpha value is -1.60. The molecule has 0 amide bonds. The summed E-state index contributed by atoms with van der Waals surface area (Å²) in [6.45, 7) is 1.67. The van der Waals surface area contributed by atoms with Crippen LogP contribution in [0.4, 0.5) is 0 Å². The second-order valence-electron chi connectivity index (χ2n) is 5.50. The lowest BCUT2D eigenvalue weighted by molar-refractivity contribution is 0.0338. The van der Waals surface area contributed by atoms with Crippen molar-refractivity contribution in [3.05, 3.63) is 63.6 Å². The molecule has 0 saturated carbocycles. The number of carbonyl (C=O) groups excluding carboxylic acids is 1. The molecule has 25 heavy (non-hydrogen) atoms. The van der Waals surface area contributed by atoms with Gasteiger partial charge in [0.1, 0.15) is 6.10 Å². The van der Waals surface area contributed by atoms with Gasteiger partial charge in [0.05, 0.1) is 15.5 Å². The van der Waals surface area contributed by atoms with Crippen LogP contribution < -0.4 is 0 Å². The molecule has 0 spiro atoms. The number of hydrogen-bond donors (Lipinski definition) is 0. The summed E-state index contributed by atoms with van der Waals surface area (Å²) in [5.74, 6) is -0.728. The molecule has 0 radical (unpaired) electrons. The average Bonchev–Trinajstić information content (AvgIpc) is 2.55. The predicted octanol–water partition coefficient (Wildman–Crippen LogP) is 4.16. The van der Waals surface area contributed by atoms with E-state index in [0.717, 1.165) is 4.31 Å². The van der Waals surface area contributed by atoms with Crippen molar-refractivity contribution in [2.45, 2.75) is 17.9 Å². The smallest absolute Gasteiger partial charge is 0.340 e. The van der Waals surface area contributed by atoms with E-state index in [1.807, 2.05) is 0 Å². The second-order valence-corrected chi connectivity index (χ2v) is 8.46. The molecule has 0 fully saturated rings. The van der Waals surface area contributed by atoms with Gasteiger partial charge in [-0.1, -0.05) is 41.4 Å². The molecule has 2 aromatic rings. The first-order valence-corrected chi connectivity index (χ1v) is 9.51. The molecule has 0 aliphatic carbocycles. The highest BCUT2D eigenvalue weighted by Gasteiger charge is 2.23. The van der Waals surface area contributed by atoms with E-state index in [0.29, 0.717) is 10.6 Å². The lowest BCUT2D eigenvalue weighted by Gasteiger charge is -2.16. The van der Waals surface area contributed by atoms with Crippen molar-refractivity contribution in [3.63, 3.8) is 0 Å². The van der Waals surface area contributed by atoms with Gasteiger partial charge in [-0.25, -0.2) is 17.5 Å². The molecule has 0 aliphatic rings. The molecule has 2 rings (SSSR count). The monoisotopic (exact) mass is 401 g/mol. The Kier molecular flexibility index (Phi) is 6.11. The van der Waals surface area contributed by atoms with Crippen LogP contribution in [0.3, 0.4) is 0 Å². The summed E-state index contributed by atoms with van der Waals surface area (Å²) in [7, 11) is -0.883. The Morgan fingerprint density at radius 1 is 1.08 bits per heavy atom. The van der Waals surface area contributed by atoms with E-state index in [1.54, 1.807) is 31.2 Å². The maximum atomic E-state index is 12.5. The van der Waals surface area contributed by atoms with Crippen LogP contribution in [0.1, 0.15) is 28.9 Å². The van der Waals surface area contributed by atoms with Crippen LogP contribution in [0.25, 0.3) is 0 Å². The summed E-state index contributed by atoms with van der Waals surface area (Å²) in [6, 6.07) is 10.9. The highest BCUT2D eigenvalue weighted by molar-refractivity contribution is 7.89. The standard InChI is InChI=1S/C17H17Cl2NO4S/c1-11(13-6-4-5-7-15(13)18)24-17(21)14-10-12(8-9-16(14)19)25(22,23)20(2)3/h4-11H,1-3H3/t11-/m0/s1. The van der Waals surface area contributed by atoms with Crippen molar-refractivity contribution < 1.29 is 17.9 Å². The summed E-state index contributed by atoms with van der Waals surface area (Å²) in [4.78, 5) is 12.4. The summed E-state index contributed by atoms with van der Waals surface area (Å²) < 4.78 is 30.9. The number of ether oxygens (including phenoxy) is 1. The maximum Gasteiger partial charge on any atom is 0.340 e. The van der Waals surface area contributed by atoms with E-state index in [-0.39, 0.29) is 15.5 Å². The van der Waals surface area contributed by atoms with Crippen LogP contribution in [-0.2, 0) is 14.8 Å². The third-order valence-electron chi connectivity index (χ3n) is 3.56. The molecule has 0 saturated heterocycles. The van der Waals surface area contributed by atoms with Gasteiger partial charge in [0, 0.05) is 24.7 Å². The molecular weight excluding hydrogens is 385 g/mol. The first-order valence-electron chi connectivity index (χ1n) is 7.32. The Morgan fingerprint density at radius 2 is 1.72 bits per heavy atom. The zero-order chi connectivity index (χ0) is 18.8. The van der Waals surface area contributed by atoms with E-state index in [2.05, 4.69) is 0 Å². The quantitative estimate of drug-likeness (QED) is 0.705. The SMILES string of the molecule is C[C@H](OC(=O)c1cc(S(=O)(=O)N(C)C)ccc1Cl)c1ccccc1Cl. The van der Waals surface area contributed by atoms with E-state index in [1.165, 1.54) is 32.3 Å². The molecular formula is C17H17Cl2NO4S. The summed E-state index contributed by atoms with van der Waals surface area (Å²) in [5, 5.41) is 0.576. The van der Waals surface area contributed by atoms with E-state index < -0.39 is 22.1 Å². The fourth-order valence-corrected chi connectivity index (χ4v) is 3.54. The number of halogens is 2. The Bertz CT molecular complexity index is 897. The van der Waals surface area contributed by atoms with Crippen molar-refractivity contribution in [1.29, 1.82) is 0 Å². The fraction of sp³-hybridized carbons (Fsp3) is 0.235. The van der Waals surface area contributed by atoms with Gasteiger partial charge >= 0.3 is 5.97 Å². The largest absolute Gasteiger partial charge is 0.454 e. The summed E-state index contributed by atoms with van der Waals surface area (Å²) in [6.07, 6.45) is -0.619. The van der Waals surface area contributed by atoms with Crippen LogP contribution >= 0.6 is 23.2 Å². The third kappa shape index (κ3) is 4.33. The first-order chi connectivity index (χ1) is 11.6. The third-order valence-corrected chi connectivity index (χ3v) is 6.05. The van der Waals surface area contributed by atoms with E-state index in [4.69, 9.17) is 27.9 Å². The lowest BCUT2D eigenvalue weighted by Crippen LogP contribution is -2.22. The molecule has 0 heterocycles. The normalized spacial score (nSPS) is 12.9. The molecule has 5 nitrogen and oxygen atoms in total.